The third-order valence-corrected chi connectivity index (χ3v) is 2.32. The lowest BCUT2D eigenvalue weighted by molar-refractivity contribution is -0.170. The monoisotopic (exact) mass is 218 g/mol. The molecule has 5 nitrogen and oxygen atoms in total. The van der Waals surface area contributed by atoms with Crippen molar-refractivity contribution in [2.24, 2.45) is 5.73 Å². The number of hydrogen-bond acceptors (Lipinski definition) is 4. The molecular weight excluding hydrogens is 196 g/mol. The van der Waals surface area contributed by atoms with Crippen molar-refractivity contribution in [3.05, 3.63) is 0 Å². The molecule has 15 heavy (non-hydrogen) atoms. The van der Waals surface area contributed by atoms with E-state index in [1.54, 1.807) is 0 Å². The van der Waals surface area contributed by atoms with Crippen LogP contribution in [0, 0.1) is 0 Å². The van der Waals surface area contributed by atoms with E-state index >= 15 is 0 Å². The number of nitrogens with zero attached hydrogens (tertiary/aromatic N) is 1. The van der Waals surface area contributed by atoms with Crippen LogP contribution >= 0.6 is 0 Å². The second kappa shape index (κ2) is 8.64. The molecule has 0 radical (unpaired) electrons. The largest absolute Gasteiger partial charge is 0.480 e. The summed E-state index contributed by atoms with van der Waals surface area (Å²) in [6, 6.07) is -0.814. The fraction of sp³-hybridized carbons (Fsp3) is 0.900. The van der Waals surface area contributed by atoms with Gasteiger partial charge in [-0.05, 0) is 25.8 Å². The number of aliphatic carboxylic acids is 1. The molecule has 0 heterocycles. The van der Waals surface area contributed by atoms with E-state index in [9.17, 15) is 10.0 Å². The molecule has 0 spiro atoms. The minimum absolute atomic E-state index is 0.397. The number of unbranched alkanes of at least 4 members (excludes halogenated alkanes) is 2. The molecule has 0 aliphatic rings. The van der Waals surface area contributed by atoms with Gasteiger partial charge in [0.1, 0.15) is 6.04 Å². The van der Waals surface area contributed by atoms with E-state index in [4.69, 9.17) is 10.8 Å². The number of hydroxylamine groups is 2. The maximum atomic E-state index is 10.8. The Morgan fingerprint density at radius 3 is 2.53 bits per heavy atom. The fourth-order valence-corrected chi connectivity index (χ4v) is 1.39. The molecule has 0 bridgehead atoms. The van der Waals surface area contributed by atoms with Gasteiger partial charge in [0.25, 0.3) is 0 Å². The van der Waals surface area contributed by atoms with E-state index < -0.39 is 12.0 Å². The number of nitrogens with two attached hydrogens (primary N) is 1. The molecule has 5 heteroatoms. The lowest BCUT2D eigenvalue weighted by atomic mass is 10.1. The van der Waals surface area contributed by atoms with Crippen LogP contribution in [-0.2, 0) is 4.79 Å². The summed E-state index contributed by atoms with van der Waals surface area (Å²) < 4.78 is 0. The Bertz CT molecular complexity index is 176. The molecule has 0 aliphatic heterocycles. The first-order valence-electron chi connectivity index (χ1n) is 5.51. The molecule has 0 amide bonds. The highest BCUT2D eigenvalue weighted by molar-refractivity contribution is 5.73. The smallest absolute Gasteiger partial charge is 0.323 e. The van der Waals surface area contributed by atoms with Crippen molar-refractivity contribution in [1.29, 1.82) is 0 Å². The van der Waals surface area contributed by atoms with Gasteiger partial charge in [0.15, 0.2) is 0 Å². The second-order valence-electron chi connectivity index (χ2n) is 3.66. The van der Waals surface area contributed by atoms with Crippen molar-refractivity contribution in [3.63, 3.8) is 0 Å². The summed E-state index contributed by atoms with van der Waals surface area (Å²) in [5, 5.41) is 19.4. The molecule has 0 saturated heterocycles. The topological polar surface area (TPSA) is 86.8 Å². The summed E-state index contributed by atoms with van der Waals surface area (Å²) in [7, 11) is 0. The van der Waals surface area contributed by atoms with Crippen molar-refractivity contribution < 1.29 is 15.1 Å². The van der Waals surface area contributed by atoms with Crippen molar-refractivity contribution >= 4 is 5.97 Å². The summed E-state index contributed by atoms with van der Waals surface area (Å²) in [6.45, 7) is 2.92. The Labute approximate surface area is 90.8 Å². The van der Waals surface area contributed by atoms with Gasteiger partial charge in [0.05, 0.1) is 0 Å². The van der Waals surface area contributed by atoms with E-state index in [-0.39, 0.29) is 0 Å². The molecule has 90 valence electrons. The Morgan fingerprint density at radius 2 is 2.07 bits per heavy atom. The molecular formula is C10H22N2O3. The van der Waals surface area contributed by atoms with Crippen molar-refractivity contribution in [2.75, 3.05) is 13.1 Å². The number of carbonyl (C=O) groups is 1. The van der Waals surface area contributed by atoms with E-state index in [0.29, 0.717) is 25.9 Å². The molecule has 0 unspecified atom stereocenters. The van der Waals surface area contributed by atoms with E-state index in [1.807, 2.05) is 0 Å². The van der Waals surface area contributed by atoms with Gasteiger partial charge in [-0.2, -0.15) is 5.06 Å². The third-order valence-electron chi connectivity index (χ3n) is 2.32. The zero-order valence-corrected chi connectivity index (χ0v) is 9.35. The first kappa shape index (κ1) is 14.3. The number of rotatable bonds is 9. The second-order valence-corrected chi connectivity index (χ2v) is 3.66. The minimum atomic E-state index is -0.984. The SMILES string of the molecule is CCCCCN(O)[C@H](CCCN)C(=O)O. The average molecular weight is 218 g/mol. The van der Waals surface area contributed by atoms with Gasteiger partial charge in [-0.3, -0.25) is 4.79 Å². The molecule has 0 rings (SSSR count). The maximum absolute atomic E-state index is 10.8. The first-order chi connectivity index (χ1) is 7.13. The summed E-state index contributed by atoms with van der Waals surface area (Å²) in [5.41, 5.74) is 5.31. The van der Waals surface area contributed by atoms with Crippen LogP contribution in [0.5, 0.6) is 0 Å². The molecule has 0 fully saturated rings. The highest BCUT2D eigenvalue weighted by Gasteiger charge is 2.22. The van der Waals surface area contributed by atoms with Gasteiger partial charge in [-0.25, -0.2) is 0 Å². The molecule has 0 aromatic rings. The van der Waals surface area contributed by atoms with Crippen LogP contribution in [0.3, 0.4) is 0 Å². The highest BCUT2D eigenvalue weighted by Crippen LogP contribution is 2.07. The predicted octanol–water partition coefficient (Wildman–Crippen LogP) is 1.06. The summed E-state index contributed by atoms with van der Waals surface area (Å²) in [5.74, 6) is -0.984. The summed E-state index contributed by atoms with van der Waals surface area (Å²) in [6.07, 6.45) is 3.88. The molecule has 1 atom stereocenters. The van der Waals surface area contributed by atoms with Gasteiger partial charge in [-0.1, -0.05) is 19.8 Å². The fourth-order valence-electron chi connectivity index (χ4n) is 1.39. The Kier molecular flexibility index (Phi) is 8.27. The predicted molar refractivity (Wildman–Crippen MR) is 57.7 cm³/mol. The van der Waals surface area contributed by atoms with Crippen molar-refractivity contribution in [3.8, 4) is 0 Å². The molecule has 0 aromatic heterocycles. The maximum Gasteiger partial charge on any atom is 0.323 e. The molecule has 0 aromatic carbocycles. The van der Waals surface area contributed by atoms with Crippen LogP contribution in [0.1, 0.15) is 39.0 Å². The van der Waals surface area contributed by atoms with E-state index in [0.717, 1.165) is 24.3 Å². The Balaban J connectivity index is 3.93. The van der Waals surface area contributed by atoms with Gasteiger partial charge < -0.3 is 16.0 Å². The summed E-state index contributed by atoms with van der Waals surface area (Å²) in [4.78, 5) is 10.8. The van der Waals surface area contributed by atoms with E-state index in [2.05, 4.69) is 6.92 Å². The van der Waals surface area contributed by atoms with Crippen LogP contribution in [-0.4, -0.2) is 40.5 Å². The van der Waals surface area contributed by atoms with Gasteiger partial charge in [-0.15, -0.1) is 0 Å². The van der Waals surface area contributed by atoms with E-state index in [1.165, 1.54) is 0 Å². The van der Waals surface area contributed by atoms with Crippen molar-refractivity contribution in [2.45, 2.75) is 45.1 Å². The van der Waals surface area contributed by atoms with Crippen LogP contribution in [0.25, 0.3) is 0 Å². The zero-order chi connectivity index (χ0) is 11.7. The Hall–Kier alpha value is -0.650. The number of carboxylic acid groups (broad SMARTS) is 1. The number of hydrogen-bond donors (Lipinski definition) is 3. The summed E-state index contributed by atoms with van der Waals surface area (Å²) >= 11 is 0. The van der Waals surface area contributed by atoms with Gasteiger partial charge in [0.2, 0.25) is 0 Å². The van der Waals surface area contributed by atoms with Crippen LogP contribution < -0.4 is 5.73 Å². The van der Waals surface area contributed by atoms with Crippen LogP contribution in [0.4, 0.5) is 0 Å². The Morgan fingerprint density at radius 1 is 1.40 bits per heavy atom. The first-order valence-corrected chi connectivity index (χ1v) is 5.51. The lowest BCUT2D eigenvalue weighted by Gasteiger charge is -2.22. The zero-order valence-electron chi connectivity index (χ0n) is 9.35. The van der Waals surface area contributed by atoms with Crippen molar-refractivity contribution in [1.82, 2.24) is 5.06 Å². The highest BCUT2D eigenvalue weighted by atomic mass is 16.5. The number of carboxylic acids is 1. The standard InChI is InChI=1S/C10H22N2O3/c1-2-3-4-8-12(15)9(10(13)14)6-5-7-11/h9,15H,2-8,11H2,1H3,(H,13,14)/t9-/m1/s1. The van der Waals surface area contributed by atoms with Gasteiger partial charge >= 0.3 is 5.97 Å². The molecule has 0 saturated carbocycles. The van der Waals surface area contributed by atoms with Crippen LogP contribution in [0.2, 0.25) is 0 Å². The molecule has 4 N–H and O–H groups in total. The van der Waals surface area contributed by atoms with Crippen LogP contribution in [0.15, 0.2) is 0 Å². The average Bonchev–Trinajstić information content (AvgIpc) is 2.18. The minimum Gasteiger partial charge on any atom is -0.480 e. The third kappa shape index (κ3) is 6.43. The molecule has 0 aliphatic carbocycles. The normalized spacial score (nSPS) is 13.1. The quantitative estimate of drug-likeness (QED) is 0.398. The lowest BCUT2D eigenvalue weighted by Crippen LogP contribution is -2.39. The van der Waals surface area contributed by atoms with Gasteiger partial charge in [0, 0.05) is 6.54 Å².